The summed E-state index contributed by atoms with van der Waals surface area (Å²) in [6.07, 6.45) is 1.42. The van der Waals surface area contributed by atoms with E-state index in [1.165, 1.54) is 16.7 Å². The van der Waals surface area contributed by atoms with E-state index in [0.29, 0.717) is 13.2 Å². The van der Waals surface area contributed by atoms with E-state index in [0.717, 1.165) is 36.3 Å². The molecule has 2 aromatic rings. The number of rotatable bonds is 2. The lowest BCUT2D eigenvalue weighted by atomic mass is 9.94. The highest BCUT2D eigenvalue weighted by atomic mass is 16.5. The molecule has 0 saturated carbocycles. The highest BCUT2D eigenvalue weighted by molar-refractivity contribution is 5.48. The Balaban J connectivity index is 1.73. The molecule has 3 nitrogen and oxygen atoms in total. The van der Waals surface area contributed by atoms with Crippen LogP contribution in [0.1, 0.15) is 40.3 Å². The summed E-state index contributed by atoms with van der Waals surface area (Å²) < 4.78 is 11.2. The summed E-state index contributed by atoms with van der Waals surface area (Å²) in [6.45, 7) is 2.05. The number of benzene rings is 2. The average molecular weight is 282 g/mol. The van der Waals surface area contributed by atoms with Gasteiger partial charge in [0.25, 0.3) is 0 Å². The fourth-order valence-electron chi connectivity index (χ4n) is 3.17. The van der Waals surface area contributed by atoms with Gasteiger partial charge in [-0.05, 0) is 35.1 Å². The van der Waals surface area contributed by atoms with Crippen LogP contribution < -0.4 is 4.74 Å². The Morgan fingerprint density at radius 2 is 1.90 bits per heavy atom. The number of aryl methyl sites for hydroxylation is 1. The molecule has 0 fully saturated rings. The van der Waals surface area contributed by atoms with E-state index in [2.05, 4.69) is 18.2 Å². The molecule has 108 valence electrons. The Bertz CT molecular complexity index is 678. The monoisotopic (exact) mass is 282 g/mol. The van der Waals surface area contributed by atoms with Crippen LogP contribution in [-0.2, 0) is 24.4 Å². The molecule has 21 heavy (non-hydrogen) atoms. The van der Waals surface area contributed by atoms with E-state index in [1.807, 2.05) is 18.2 Å². The van der Waals surface area contributed by atoms with E-state index in [-0.39, 0.29) is 0 Å². The lowest BCUT2D eigenvalue weighted by Crippen LogP contribution is -2.12. The van der Waals surface area contributed by atoms with Crippen LogP contribution in [0.15, 0.2) is 36.4 Å². The van der Waals surface area contributed by atoms with Gasteiger partial charge in [-0.2, -0.15) is 0 Å². The normalized spacial score (nSPS) is 17.8. The van der Waals surface area contributed by atoms with Crippen LogP contribution in [0.4, 0.5) is 0 Å². The zero-order chi connectivity index (χ0) is 14.2. The van der Waals surface area contributed by atoms with Crippen LogP contribution in [0.25, 0.3) is 0 Å². The predicted octanol–water partition coefficient (Wildman–Crippen LogP) is 3.12. The first-order chi connectivity index (χ1) is 10.3. The van der Waals surface area contributed by atoms with Gasteiger partial charge >= 0.3 is 0 Å². The van der Waals surface area contributed by atoms with E-state index >= 15 is 0 Å². The summed E-state index contributed by atoms with van der Waals surface area (Å²) in [4.78, 5) is 0. The van der Waals surface area contributed by atoms with Gasteiger partial charge in [0.05, 0.1) is 19.8 Å². The van der Waals surface area contributed by atoms with Gasteiger partial charge in [-0.3, -0.25) is 0 Å². The minimum absolute atomic E-state index is 0.638. The van der Waals surface area contributed by atoms with E-state index in [1.54, 1.807) is 0 Å². The number of aliphatic hydroxyl groups excluding tert-OH is 1. The van der Waals surface area contributed by atoms with Crippen LogP contribution >= 0.6 is 0 Å². The first-order valence-corrected chi connectivity index (χ1v) is 7.45. The van der Waals surface area contributed by atoms with Gasteiger partial charge in [0.15, 0.2) is 0 Å². The van der Waals surface area contributed by atoms with E-state index < -0.39 is 6.10 Å². The minimum atomic E-state index is -0.649. The summed E-state index contributed by atoms with van der Waals surface area (Å²) in [6, 6.07) is 12.1. The standard InChI is InChI=1S/C18H18O3/c19-17(13-6-7-14-10-20-11-15(14)9-13)16-5-1-3-12-4-2-8-21-18(12)16/h1,3,5-7,9,17,19H,2,4,8,10-11H2. The van der Waals surface area contributed by atoms with Gasteiger partial charge in [0.1, 0.15) is 11.9 Å². The fourth-order valence-corrected chi connectivity index (χ4v) is 3.17. The molecule has 0 aliphatic carbocycles. The van der Waals surface area contributed by atoms with Crippen molar-refractivity contribution in [1.29, 1.82) is 0 Å². The molecule has 3 heteroatoms. The third-order valence-electron chi connectivity index (χ3n) is 4.32. The minimum Gasteiger partial charge on any atom is -0.493 e. The summed E-state index contributed by atoms with van der Waals surface area (Å²) in [5.74, 6) is 0.869. The zero-order valence-electron chi connectivity index (χ0n) is 11.8. The summed E-state index contributed by atoms with van der Waals surface area (Å²) in [5.41, 5.74) is 5.37. The molecule has 1 N–H and O–H groups in total. The van der Waals surface area contributed by atoms with Crippen molar-refractivity contribution in [3.8, 4) is 5.75 Å². The summed E-state index contributed by atoms with van der Waals surface area (Å²) >= 11 is 0. The van der Waals surface area contributed by atoms with Gasteiger partial charge in [0.2, 0.25) is 0 Å². The zero-order valence-corrected chi connectivity index (χ0v) is 11.8. The van der Waals surface area contributed by atoms with Crippen molar-refractivity contribution in [3.63, 3.8) is 0 Å². The average Bonchev–Trinajstić information content (AvgIpc) is 3.01. The molecule has 4 rings (SSSR count). The molecule has 1 atom stereocenters. The number of ether oxygens (including phenoxy) is 2. The Morgan fingerprint density at radius 1 is 1.00 bits per heavy atom. The second-order valence-corrected chi connectivity index (χ2v) is 5.71. The molecule has 0 aromatic heterocycles. The summed E-state index contributed by atoms with van der Waals surface area (Å²) in [7, 11) is 0. The largest absolute Gasteiger partial charge is 0.493 e. The number of para-hydroxylation sites is 1. The topological polar surface area (TPSA) is 38.7 Å². The second kappa shape index (κ2) is 5.17. The third-order valence-corrected chi connectivity index (χ3v) is 4.32. The molecule has 2 aliphatic heterocycles. The van der Waals surface area contributed by atoms with Crippen LogP contribution in [0.3, 0.4) is 0 Å². The molecule has 2 aliphatic rings. The maximum Gasteiger partial charge on any atom is 0.128 e. The molecule has 0 saturated heterocycles. The Morgan fingerprint density at radius 3 is 2.86 bits per heavy atom. The van der Waals surface area contributed by atoms with Gasteiger partial charge in [-0.25, -0.2) is 0 Å². The van der Waals surface area contributed by atoms with Gasteiger partial charge < -0.3 is 14.6 Å². The van der Waals surface area contributed by atoms with E-state index in [4.69, 9.17) is 9.47 Å². The predicted molar refractivity (Wildman–Crippen MR) is 79.3 cm³/mol. The maximum atomic E-state index is 10.8. The number of fused-ring (bicyclic) bond motifs is 2. The first-order valence-electron chi connectivity index (χ1n) is 7.45. The Hall–Kier alpha value is -1.84. The highest BCUT2D eigenvalue weighted by Crippen LogP contribution is 2.36. The molecular formula is C18H18O3. The number of hydrogen-bond donors (Lipinski definition) is 1. The van der Waals surface area contributed by atoms with Gasteiger partial charge in [-0.15, -0.1) is 0 Å². The molecule has 0 bridgehead atoms. The maximum absolute atomic E-state index is 10.8. The molecule has 2 heterocycles. The fraction of sp³-hybridized carbons (Fsp3) is 0.333. The molecule has 0 radical (unpaired) electrons. The van der Waals surface area contributed by atoms with Crippen molar-refractivity contribution < 1.29 is 14.6 Å². The van der Waals surface area contributed by atoms with Crippen LogP contribution in [0.2, 0.25) is 0 Å². The Kier molecular flexibility index (Phi) is 3.17. The quantitative estimate of drug-likeness (QED) is 0.919. The van der Waals surface area contributed by atoms with Crippen molar-refractivity contribution in [2.45, 2.75) is 32.2 Å². The molecule has 1 unspecified atom stereocenters. The van der Waals surface area contributed by atoms with Crippen molar-refractivity contribution in [3.05, 3.63) is 64.2 Å². The molecule has 0 spiro atoms. The lowest BCUT2D eigenvalue weighted by molar-refractivity contribution is 0.134. The van der Waals surface area contributed by atoms with Crippen molar-refractivity contribution in [2.75, 3.05) is 6.61 Å². The van der Waals surface area contributed by atoms with Crippen molar-refractivity contribution >= 4 is 0 Å². The van der Waals surface area contributed by atoms with Crippen molar-refractivity contribution in [2.24, 2.45) is 0 Å². The van der Waals surface area contributed by atoms with Gasteiger partial charge in [0, 0.05) is 5.56 Å². The Labute approximate surface area is 124 Å². The second-order valence-electron chi connectivity index (χ2n) is 5.71. The smallest absolute Gasteiger partial charge is 0.128 e. The van der Waals surface area contributed by atoms with Crippen LogP contribution in [0, 0.1) is 0 Å². The molecule has 0 amide bonds. The van der Waals surface area contributed by atoms with Crippen LogP contribution in [0.5, 0.6) is 5.75 Å². The highest BCUT2D eigenvalue weighted by Gasteiger charge is 2.22. The van der Waals surface area contributed by atoms with Crippen LogP contribution in [-0.4, -0.2) is 11.7 Å². The molecular weight excluding hydrogens is 264 g/mol. The van der Waals surface area contributed by atoms with E-state index in [9.17, 15) is 5.11 Å². The molecule has 2 aromatic carbocycles. The number of aliphatic hydroxyl groups is 1. The van der Waals surface area contributed by atoms with Crippen molar-refractivity contribution in [1.82, 2.24) is 0 Å². The number of hydrogen-bond acceptors (Lipinski definition) is 3. The SMILES string of the molecule is OC(c1ccc2c(c1)COC2)c1cccc2c1OCCC2. The van der Waals surface area contributed by atoms with Gasteiger partial charge in [-0.1, -0.05) is 36.4 Å². The first kappa shape index (κ1) is 12.9. The lowest BCUT2D eigenvalue weighted by Gasteiger charge is -2.23. The summed E-state index contributed by atoms with van der Waals surface area (Å²) in [5, 5.41) is 10.8. The third kappa shape index (κ3) is 2.23.